The molecule has 100 valence electrons. The van der Waals surface area contributed by atoms with Crippen molar-refractivity contribution in [2.24, 2.45) is 5.73 Å². The molecule has 1 unspecified atom stereocenters. The second kappa shape index (κ2) is 5.65. The summed E-state index contributed by atoms with van der Waals surface area (Å²) in [6.07, 6.45) is 5.10. The maximum atomic E-state index is 5.92. The summed E-state index contributed by atoms with van der Waals surface area (Å²) < 4.78 is 0. The number of aromatic nitrogens is 2. The Morgan fingerprint density at radius 3 is 2.72 bits per heavy atom. The first-order valence-corrected chi connectivity index (χ1v) is 6.94. The van der Waals surface area contributed by atoms with Crippen LogP contribution >= 0.6 is 0 Å². The highest BCUT2D eigenvalue weighted by Crippen LogP contribution is 2.27. The average Bonchev–Trinajstić information content (AvgIpc) is 2.57. The SMILES string of the molecule is Cc1nnc(N2CCCCCC2C)c(CN)c1C. The van der Waals surface area contributed by atoms with E-state index in [0.29, 0.717) is 12.6 Å². The second-order valence-electron chi connectivity index (χ2n) is 5.31. The third-order valence-corrected chi connectivity index (χ3v) is 4.09. The second-order valence-corrected chi connectivity index (χ2v) is 5.31. The zero-order valence-corrected chi connectivity index (χ0v) is 11.7. The highest BCUT2D eigenvalue weighted by molar-refractivity contribution is 5.51. The van der Waals surface area contributed by atoms with Crippen LogP contribution in [0.3, 0.4) is 0 Å². The molecule has 0 amide bonds. The molecule has 1 aromatic heterocycles. The van der Waals surface area contributed by atoms with Crippen LogP contribution in [-0.4, -0.2) is 22.8 Å². The highest BCUT2D eigenvalue weighted by atomic mass is 15.3. The Kier molecular flexibility index (Phi) is 4.17. The summed E-state index contributed by atoms with van der Waals surface area (Å²) in [7, 11) is 0. The number of hydrogen-bond donors (Lipinski definition) is 1. The summed E-state index contributed by atoms with van der Waals surface area (Å²) in [5.74, 6) is 1.01. The van der Waals surface area contributed by atoms with Gasteiger partial charge < -0.3 is 10.6 Å². The Hall–Kier alpha value is -1.16. The predicted molar refractivity (Wildman–Crippen MR) is 74.7 cm³/mol. The van der Waals surface area contributed by atoms with Gasteiger partial charge in [-0.3, -0.25) is 0 Å². The topological polar surface area (TPSA) is 55.0 Å². The Balaban J connectivity index is 2.39. The summed E-state index contributed by atoms with van der Waals surface area (Å²) in [4.78, 5) is 2.40. The molecule has 2 heterocycles. The van der Waals surface area contributed by atoms with Gasteiger partial charge in [-0.2, -0.15) is 5.10 Å². The monoisotopic (exact) mass is 248 g/mol. The largest absolute Gasteiger partial charge is 0.352 e. The quantitative estimate of drug-likeness (QED) is 0.872. The fourth-order valence-electron chi connectivity index (χ4n) is 2.71. The summed E-state index contributed by atoms with van der Waals surface area (Å²) in [6, 6.07) is 0.536. The van der Waals surface area contributed by atoms with Crippen LogP contribution in [0.15, 0.2) is 0 Å². The van der Waals surface area contributed by atoms with Gasteiger partial charge in [0.2, 0.25) is 0 Å². The van der Waals surface area contributed by atoms with Crippen molar-refractivity contribution in [3.63, 3.8) is 0 Å². The molecule has 1 fully saturated rings. The molecular formula is C14H24N4. The van der Waals surface area contributed by atoms with E-state index in [0.717, 1.165) is 23.6 Å². The van der Waals surface area contributed by atoms with E-state index in [1.807, 2.05) is 6.92 Å². The van der Waals surface area contributed by atoms with E-state index < -0.39 is 0 Å². The fraction of sp³-hybridized carbons (Fsp3) is 0.714. The number of aryl methyl sites for hydroxylation is 1. The van der Waals surface area contributed by atoms with E-state index in [1.54, 1.807) is 0 Å². The van der Waals surface area contributed by atoms with Crippen molar-refractivity contribution in [1.29, 1.82) is 0 Å². The summed E-state index contributed by atoms with van der Waals surface area (Å²) >= 11 is 0. The van der Waals surface area contributed by atoms with Gasteiger partial charge in [0.15, 0.2) is 5.82 Å². The number of hydrogen-bond acceptors (Lipinski definition) is 4. The van der Waals surface area contributed by atoms with Crippen molar-refractivity contribution >= 4 is 5.82 Å². The van der Waals surface area contributed by atoms with Crippen LogP contribution < -0.4 is 10.6 Å². The summed E-state index contributed by atoms with van der Waals surface area (Å²) in [6.45, 7) is 7.99. The molecule has 1 aromatic rings. The zero-order chi connectivity index (χ0) is 13.1. The molecule has 1 aliphatic rings. The lowest BCUT2D eigenvalue weighted by Crippen LogP contribution is -2.35. The summed E-state index contributed by atoms with van der Waals surface area (Å²) in [5, 5.41) is 8.70. The maximum absolute atomic E-state index is 5.92. The van der Waals surface area contributed by atoms with Gasteiger partial charge in [0.25, 0.3) is 0 Å². The third-order valence-electron chi connectivity index (χ3n) is 4.09. The van der Waals surface area contributed by atoms with Gasteiger partial charge in [0, 0.05) is 24.7 Å². The average molecular weight is 248 g/mol. The van der Waals surface area contributed by atoms with Crippen LogP contribution in [0.1, 0.15) is 49.4 Å². The van der Waals surface area contributed by atoms with Crippen molar-refractivity contribution < 1.29 is 0 Å². The minimum absolute atomic E-state index is 0.536. The standard InChI is InChI=1S/C14H24N4/c1-10-7-5-4-6-8-18(10)14-13(9-15)11(2)12(3)16-17-14/h10H,4-9,15H2,1-3H3. The molecule has 1 atom stereocenters. The molecule has 4 nitrogen and oxygen atoms in total. The van der Waals surface area contributed by atoms with Crippen molar-refractivity contribution in [3.8, 4) is 0 Å². The first kappa shape index (κ1) is 13.3. The van der Waals surface area contributed by atoms with Gasteiger partial charge in [0.1, 0.15) is 0 Å². The Bertz CT molecular complexity index is 417. The van der Waals surface area contributed by atoms with Crippen molar-refractivity contribution in [2.75, 3.05) is 11.4 Å². The molecule has 0 aliphatic carbocycles. The molecule has 18 heavy (non-hydrogen) atoms. The molecule has 0 spiro atoms. The van der Waals surface area contributed by atoms with E-state index in [-0.39, 0.29) is 0 Å². The Morgan fingerprint density at radius 2 is 2.00 bits per heavy atom. The number of rotatable bonds is 2. The molecule has 0 aromatic carbocycles. The van der Waals surface area contributed by atoms with Crippen LogP contribution in [0.25, 0.3) is 0 Å². The van der Waals surface area contributed by atoms with Gasteiger partial charge in [-0.05, 0) is 39.2 Å². The number of anilines is 1. The van der Waals surface area contributed by atoms with E-state index in [2.05, 4.69) is 28.9 Å². The number of nitrogens with zero attached hydrogens (tertiary/aromatic N) is 3. The molecular weight excluding hydrogens is 224 g/mol. The maximum Gasteiger partial charge on any atom is 0.156 e. The van der Waals surface area contributed by atoms with Crippen molar-refractivity contribution in [3.05, 3.63) is 16.8 Å². The predicted octanol–water partition coefficient (Wildman–Crippen LogP) is 2.32. The lowest BCUT2D eigenvalue weighted by molar-refractivity contribution is 0.604. The molecule has 2 N–H and O–H groups in total. The normalized spacial score (nSPS) is 20.9. The third kappa shape index (κ3) is 2.48. The Labute approximate surface area is 110 Å². The molecule has 0 radical (unpaired) electrons. The number of nitrogens with two attached hydrogens (primary N) is 1. The van der Waals surface area contributed by atoms with Crippen LogP contribution in [-0.2, 0) is 6.54 Å². The molecule has 0 bridgehead atoms. The molecule has 2 rings (SSSR count). The lowest BCUT2D eigenvalue weighted by Gasteiger charge is -2.30. The van der Waals surface area contributed by atoms with Gasteiger partial charge in [0.05, 0.1) is 5.69 Å². The van der Waals surface area contributed by atoms with E-state index in [9.17, 15) is 0 Å². The van der Waals surface area contributed by atoms with Crippen LogP contribution in [0, 0.1) is 13.8 Å². The molecule has 0 saturated carbocycles. The van der Waals surface area contributed by atoms with E-state index in [1.165, 1.54) is 31.2 Å². The minimum atomic E-state index is 0.536. The van der Waals surface area contributed by atoms with Crippen molar-refractivity contribution in [2.45, 2.75) is 59.0 Å². The minimum Gasteiger partial charge on any atom is -0.352 e. The molecule has 1 saturated heterocycles. The van der Waals surface area contributed by atoms with Crippen LogP contribution in [0.2, 0.25) is 0 Å². The fourth-order valence-corrected chi connectivity index (χ4v) is 2.71. The van der Waals surface area contributed by atoms with Gasteiger partial charge >= 0.3 is 0 Å². The van der Waals surface area contributed by atoms with E-state index in [4.69, 9.17) is 5.73 Å². The van der Waals surface area contributed by atoms with Gasteiger partial charge in [-0.1, -0.05) is 12.8 Å². The van der Waals surface area contributed by atoms with Gasteiger partial charge in [-0.25, -0.2) is 0 Å². The first-order valence-electron chi connectivity index (χ1n) is 6.94. The zero-order valence-electron chi connectivity index (χ0n) is 11.7. The van der Waals surface area contributed by atoms with Crippen LogP contribution in [0.5, 0.6) is 0 Å². The highest BCUT2D eigenvalue weighted by Gasteiger charge is 2.22. The van der Waals surface area contributed by atoms with Crippen molar-refractivity contribution in [1.82, 2.24) is 10.2 Å². The van der Waals surface area contributed by atoms with Crippen LogP contribution in [0.4, 0.5) is 5.82 Å². The molecule has 4 heteroatoms. The summed E-state index contributed by atoms with van der Waals surface area (Å²) in [5.41, 5.74) is 9.26. The Morgan fingerprint density at radius 1 is 1.22 bits per heavy atom. The smallest absolute Gasteiger partial charge is 0.156 e. The van der Waals surface area contributed by atoms with Gasteiger partial charge in [-0.15, -0.1) is 5.10 Å². The van der Waals surface area contributed by atoms with E-state index >= 15 is 0 Å². The molecule has 1 aliphatic heterocycles. The first-order chi connectivity index (χ1) is 8.65. The lowest BCUT2D eigenvalue weighted by atomic mass is 10.1.